The van der Waals surface area contributed by atoms with Crippen LogP contribution in [0.15, 0.2) is 54.6 Å². The van der Waals surface area contributed by atoms with Gasteiger partial charge in [0.15, 0.2) is 0 Å². The summed E-state index contributed by atoms with van der Waals surface area (Å²) in [6.45, 7) is 2.53. The molecule has 0 radical (unpaired) electrons. The molecular weight excluding hydrogens is 318 g/mol. The molecule has 0 aliphatic carbocycles. The zero-order valence-electron chi connectivity index (χ0n) is 14.1. The van der Waals surface area contributed by atoms with Crippen molar-refractivity contribution in [1.29, 1.82) is 0 Å². The molecule has 2 aromatic carbocycles. The maximum absolute atomic E-state index is 12.4. The summed E-state index contributed by atoms with van der Waals surface area (Å²) in [5.41, 5.74) is 2.61. The lowest BCUT2D eigenvalue weighted by molar-refractivity contribution is 0.102. The number of anilines is 1. The summed E-state index contributed by atoms with van der Waals surface area (Å²) < 4.78 is 10.6. The van der Waals surface area contributed by atoms with Gasteiger partial charge in [-0.2, -0.15) is 5.10 Å². The van der Waals surface area contributed by atoms with E-state index in [0.717, 1.165) is 17.1 Å². The Morgan fingerprint density at radius 1 is 1.12 bits per heavy atom. The van der Waals surface area contributed by atoms with Crippen molar-refractivity contribution in [3.63, 3.8) is 0 Å². The number of carbonyl (C=O) groups is 1. The molecule has 0 saturated heterocycles. The minimum absolute atomic E-state index is 0.259. The number of amides is 1. The molecular formula is C19H19N3O3. The highest BCUT2D eigenvalue weighted by Gasteiger charge is 2.12. The number of carbonyl (C=O) groups excluding carboxylic acids is 1. The van der Waals surface area contributed by atoms with Gasteiger partial charge in [-0.3, -0.25) is 9.89 Å². The van der Waals surface area contributed by atoms with E-state index in [0.29, 0.717) is 23.7 Å². The number of nitrogens with one attached hydrogen (secondary N) is 2. The molecule has 0 aliphatic heterocycles. The quantitative estimate of drug-likeness (QED) is 0.718. The van der Waals surface area contributed by atoms with Gasteiger partial charge >= 0.3 is 0 Å². The minimum Gasteiger partial charge on any atom is -0.497 e. The number of nitrogens with zero attached hydrogens (tertiary/aromatic N) is 1. The first-order chi connectivity index (χ1) is 12.2. The second-order valence-corrected chi connectivity index (χ2v) is 5.31. The van der Waals surface area contributed by atoms with Crippen molar-refractivity contribution in [3.05, 3.63) is 60.3 Å². The normalized spacial score (nSPS) is 10.3. The van der Waals surface area contributed by atoms with E-state index in [1.165, 1.54) is 0 Å². The lowest BCUT2D eigenvalue weighted by Gasteiger charge is -2.06. The maximum atomic E-state index is 12.4. The number of aromatic amines is 1. The SMILES string of the molecule is CCOc1ccc(NC(=O)c2cc(-c3cccc(OC)c3)n[nH]2)cc1. The lowest BCUT2D eigenvalue weighted by Crippen LogP contribution is -2.12. The van der Waals surface area contributed by atoms with Gasteiger partial charge in [-0.1, -0.05) is 12.1 Å². The number of benzene rings is 2. The Bertz CT molecular complexity index is 856. The van der Waals surface area contributed by atoms with E-state index in [4.69, 9.17) is 9.47 Å². The summed E-state index contributed by atoms with van der Waals surface area (Å²) in [5.74, 6) is 1.24. The molecule has 0 saturated carbocycles. The van der Waals surface area contributed by atoms with Gasteiger partial charge in [0.05, 0.1) is 19.4 Å². The highest BCUT2D eigenvalue weighted by molar-refractivity contribution is 6.03. The zero-order valence-corrected chi connectivity index (χ0v) is 14.1. The summed E-state index contributed by atoms with van der Waals surface area (Å²) in [6.07, 6.45) is 0. The van der Waals surface area contributed by atoms with E-state index in [2.05, 4.69) is 15.5 Å². The van der Waals surface area contributed by atoms with Gasteiger partial charge in [0, 0.05) is 11.3 Å². The van der Waals surface area contributed by atoms with Crippen LogP contribution in [0.4, 0.5) is 5.69 Å². The fourth-order valence-electron chi connectivity index (χ4n) is 2.37. The molecule has 1 amide bonds. The third kappa shape index (κ3) is 3.98. The number of aromatic nitrogens is 2. The van der Waals surface area contributed by atoms with Crippen molar-refractivity contribution in [1.82, 2.24) is 10.2 Å². The summed E-state index contributed by atoms with van der Waals surface area (Å²) in [6, 6.07) is 16.4. The lowest BCUT2D eigenvalue weighted by atomic mass is 10.1. The summed E-state index contributed by atoms with van der Waals surface area (Å²) in [5, 5.41) is 9.79. The fraction of sp³-hybridized carbons (Fsp3) is 0.158. The predicted octanol–water partition coefficient (Wildman–Crippen LogP) is 3.74. The minimum atomic E-state index is -0.259. The highest BCUT2D eigenvalue weighted by atomic mass is 16.5. The van der Waals surface area contributed by atoms with Crippen LogP contribution in [0.2, 0.25) is 0 Å². The maximum Gasteiger partial charge on any atom is 0.273 e. The number of hydrogen-bond acceptors (Lipinski definition) is 4. The van der Waals surface area contributed by atoms with Crippen LogP contribution in [0.3, 0.4) is 0 Å². The molecule has 0 bridgehead atoms. The summed E-state index contributed by atoms with van der Waals surface area (Å²) in [4.78, 5) is 12.4. The van der Waals surface area contributed by atoms with Crippen molar-refractivity contribution in [2.24, 2.45) is 0 Å². The molecule has 3 rings (SSSR count). The Morgan fingerprint density at radius 3 is 2.64 bits per heavy atom. The van der Waals surface area contributed by atoms with E-state index >= 15 is 0 Å². The van der Waals surface area contributed by atoms with E-state index in [1.54, 1.807) is 25.3 Å². The van der Waals surface area contributed by atoms with Gasteiger partial charge in [-0.05, 0) is 49.4 Å². The van der Waals surface area contributed by atoms with Crippen molar-refractivity contribution >= 4 is 11.6 Å². The van der Waals surface area contributed by atoms with Crippen LogP contribution in [0, 0.1) is 0 Å². The van der Waals surface area contributed by atoms with Gasteiger partial charge < -0.3 is 14.8 Å². The number of H-pyrrole nitrogens is 1. The van der Waals surface area contributed by atoms with Crippen LogP contribution in [-0.4, -0.2) is 29.8 Å². The van der Waals surface area contributed by atoms with Gasteiger partial charge in [0.2, 0.25) is 0 Å². The second-order valence-electron chi connectivity index (χ2n) is 5.31. The monoisotopic (exact) mass is 337 g/mol. The Kier molecular flexibility index (Phi) is 4.99. The molecule has 0 atom stereocenters. The average molecular weight is 337 g/mol. The average Bonchev–Trinajstić information content (AvgIpc) is 3.14. The van der Waals surface area contributed by atoms with Crippen LogP contribution < -0.4 is 14.8 Å². The molecule has 1 heterocycles. The van der Waals surface area contributed by atoms with E-state index < -0.39 is 0 Å². The van der Waals surface area contributed by atoms with Gasteiger partial charge in [0.1, 0.15) is 17.2 Å². The molecule has 6 heteroatoms. The second kappa shape index (κ2) is 7.53. The van der Waals surface area contributed by atoms with Gasteiger partial charge in [-0.25, -0.2) is 0 Å². The molecule has 6 nitrogen and oxygen atoms in total. The van der Waals surface area contributed by atoms with Crippen molar-refractivity contribution in [2.45, 2.75) is 6.92 Å². The number of hydrogen-bond donors (Lipinski definition) is 2. The van der Waals surface area contributed by atoms with E-state index in [9.17, 15) is 4.79 Å². The molecule has 3 aromatic rings. The first-order valence-electron chi connectivity index (χ1n) is 7.93. The largest absolute Gasteiger partial charge is 0.497 e. The standard InChI is InChI=1S/C19H19N3O3/c1-3-25-15-9-7-14(8-10-15)20-19(23)18-12-17(21-22-18)13-5-4-6-16(11-13)24-2/h4-12H,3H2,1-2H3,(H,20,23)(H,21,22). The summed E-state index contributed by atoms with van der Waals surface area (Å²) >= 11 is 0. The molecule has 0 fully saturated rings. The van der Waals surface area contributed by atoms with E-state index in [-0.39, 0.29) is 5.91 Å². The third-order valence-corrected chi connectivity index (χ3v) is 3.61. The third-order valence-electron chi connectivity index (χ3n) is 3.61. The van der Waals surface area contributed by atoms with Gasteiger partial charge in [0.25, 0.3) is 5.91 Å². The Morgan fingerprint density at radius 2 is 1.92 bits per heavy atom. The number of ether oxygens (including phenoxy) is 2. The van der Waals surface area contributed by atoms with Crippen LogP contribution >= 0.6 is 0 Å². The molecule has 2 N–H and O–H groups in total. The molecule has 0 aliphatic rings. The topological polar surface area (TPSA) is 76.2 Å². The zero-order chi connectivity index (χ0) is 17.6. The van der Waals surface area contributed by atoms with Crippen molar-refractivity contribution in [2.75, 3.05) is 19.0 Å². The molecule has 128 valence electrons. The summed E-state index contributed by atoms with van der Waals surface area (Å²) in [7, 11) is 1.61. The number of methoxy groups -OCH3 is 1. The molecule has 0 unspecified atom stereocenters. The first-order valence-corrected chi connectivity index (χ1v) is 7.93. The highest BCUT2D eigenvalue weighted by Crippen LogP contribution is 2.23. The van der Waals surface area contributed by atoms with Gasteiger partial charge in [-0.15, -0.1) is 0 Å². The number of rotatable bonds is 6. The molecule has 25 heavy (non-hydrogen) atoms. The first kappa shape index (κ1) is 16.6. The molecule has 1 aromatic heterocycles. The Labute approximate surface area is 145 Å². The van der Waals surface area contributed by atoms with Crippen LogP contribution in [0.5, 0.6) is 11.5 Å². The van der Waals surface area contributed by atoms with Crippen LogP contribution in [-0.2, 0) is 0 Å². The Balaban J connectivity index is 1.71. The van der Waals surface area contributed by atoms with Crippen molar-refractivity contribution < 1.29 is 14.3 Å². The van der Waals surface area contributed by atoms with Crippen LogP contribution in [0.1, 0.15) is 17.4 Å². The van der Waals surface area contributed by atoms with Crippen LogP contribution in [0.25, 0.3) is 11.3 Å². The molecule has 0 spiro atoms. The fourth-order valence-corrected chi connectivity index (χ4v) is 2.37. The predicted molar refractivity (Wildman–Crippen MR) is 96.1 cm³/mol. The smallest absolute Gasteiger partial charge is 0.273 e. The van der Waals surface area contributed by atoms with Crippen molar-refractivity contribution in [3.8, 4) is 22.8 Å². The Hall–Kier alpha value is -3.28. The van der Waals surface area contributed by atoms with E-state index in [1.807, 2.05) is 43.3 Å².